The molecule has 0 aliphatic carbocycles. The van der Waals surface area contributed by atoms with Gasteiger partial charge in [-0.3, -0.25) is 0 Å². The van der Waals surface area contributed by atoms with Gasteiger partial charge in [-0.25, -0.2) is 4.98 Å². The first kappa shape index (κ1) is 31.5. The Balaban J connectivity index is 0.931. The van der Waals surface area contributed by atoms with E-state index < -0.39 is 0 Å². The zero-order valence-corrected chi connectivity index (χ0v) is 29.4. The quantitative estimate of drug-likeness (QED) is 0.167. The molecule has 9 aromatic carbocycles. The maximum atomic E-state index is 6.48. The average Bonchev–Trinajstić information content (AvgIpc) is 3.70. The van der Waals surface area contributed by atoms with Crippen molar-refractivity contribution in [1.29, 1.82) is 0 Å². The molecule has 10 rings (SSSR count). The average molecular weight is 691 g/mol. The third-order valence-corrected chi connectivity index (χ3v) is 10.3. The van der Waals surface area contributed by atoms with E-state index in [4.69, 9.17) is 9.40 Å². The Morgan fingerprint density at radius 1 is 0.333 bits per heavy atom. The molecule has 3 heteroatoms. The van der Waals surface area contributed by atoms with Crippen LogP contribution < -0.4 is 4.90 Å². The largest absolute Gasteiger partial charge is 0.435 e. The lowest BCUT2D eigenvalue weighted by atomic mass is 9.98. The van der Waals surface area contributed by atoms with Gasteiger partial charge in [-0.05, 0) is 110 Å². The molecule has 0 aliphatic heterocycles. The van der Waals surface area contributed by atoms with Crippen LogP contribution in [0.2, 0.25) is 0 Å². The van der Waals surface area contributed by atoms with Gasteiger partial charge in [0.15, 0.2) is 5.58 Å². The first-order chi connectivity index (χ1) is 26.7. The number of nitrogens with zero attached hydrogens (tertiary/aromatic N) is 2. The Morgan fingerprint density at radius 3 is 1.46 bits per heavy atom. The highest BCUT2D eigenvalue weighted by Gasteiger charge is 2.15. The lowest BCUT2D eigenvalue weighted by molar-refractivity contribution is 0.623. The van der Waals surface area contributed by atoms with Crippen LogP contribution in [0.25, 0.3) is 77.5 Å². The number of anilines is 3. The summed E-state index contributed by atoms with van der Waals surface area (Å²) in [5.74, 6) is 0.636. The maximum absolute atomic E-state index is 6.48. The monoisotopic (exact) mass is 690 g/mol. The van der Waals surface area contributed by atoms with Crippen LogP contribution in [-0.4, -0.2) is 4.98 Å². The molecule has 0 bridgehead atoms. The fourth-order valence-electron chi connectivity index (χ4n) is 7.45. The fourth-order valence-corrected chi connectivity index (χ4v) is 7.45. The van der Waals surface area contributed by atoms with Gasteiger partial charge in [-0.1, -0.05) is 146 Å². The van der Waals surface area contributed by atoms with E-state index in [2.05, 4.69) is 205 Å². The molecular weight excluding hydrogens is 657 g/mol. The summed E-state index contributed by atoms with van der Waals surface area (Å²) in [5.41, 5.74) is 13.0. The second kappa shape index (κ2) is 13.4. The van der Waals surface area contributed by atoms with Crippen molar-refractivity contribution in [3.63, 3.8) is 0 Å². The molecule has 0 atom stereocenters. The van der Waals surface area contributed by atoms with E-state index >= 15 is 0 Å². The van der Waals surface area contributed by atoms with Crippen LogP contribution in [0, 0.1) is 0 Å². The summed E-state index contributed by atoms with van der Waals surface area (Å²) in [7, 11) is 0. The molecule has 0 spiro atoms. The normalized spacial score (nSPS) is 11.3. The van der Waals surface area contributed by atoms with Gasteiger partial charge >= 0.3 is 0 Å². The van der Waals surface area contributed by atoms with Crippen molar-refractivity contribution in [1.82, 2.24) is 4.98 Å². The number of aromatic nitrogens is 1. The predicted octanol–water partition coefficient (Wildman–Crippen LogP) is 14.3. The van der Waals surface area contributed by atoms with Gasteiger partial charge in [0.1, 0.15) is 5.52 Å². The van der Waals surface area contributed by atoms with E-state index in [1.165, 1.54) is 33.0 Å². The number of fused-ring (bicyclic) bond motifs is 4. The summed E-state index contributed by atoms with van der Waals surface area (Å²) in [6.07, 6.45) is 0. The first-order valence-electron chi connectivity index (χ1n) is 18.3. The highest BCUT2D eigenvalue weighted by atomic mass is 16.3. The molecule has 0 radical (unpaired) electrons. The van der Waals surface area contributed by atoms with Crippen molar-refractivity contribution < 1.29 is 4.42 Å². The van der Waals surface area contributed by atoms with Crippen molar-refractivity contribution >= 4 is 49.7 Å². The summed E-state index contributed by atoms with van der Waals surface area (Å²) in [6, 6.07) is 73.0. The van der Waals surface area contributed by atoms with Gasteiger partial charge in [0, 0.05) is 28.0 Å². The smallest absolute Gasteiger partial charge is 0.227 e. The molecular formula is C51H34N2O. The summed E-state index contributed by atoms with van der Waals surface area (Å²) in [5, 5.41) is 4.55. The molecule has 10 aromatic rings. The zero-order valence-electron chi connectivity index (χ0n) is 29.4. The highest BCUT2D eigenvalue weighted by Crippen LogP contribution is 2.38. The van der Waals surface area contributed by atoms with Crippen LogP contribution in [0.3, 0.4) is 0 Å². The Bertz CT molecular complexity index is 2900. The molecule has 0 saturated carbocycles. The van der Waals surface area contributed by atoms with Gasteiger partial charge < -0.3 is 9.32 Å². The van der Waals surface area contributed by atoms with Crippen LogP contribution in [0.5, 0.6) is 0 Å². The number of rotatable bonds is 7. The summed E-state index contributed by atoms with van der Waals surface area (Å²) in [4.78, 5) is 7.19. The standard InChI is InChI=1S/C51H34N2O/c1-3-9-35(10-4-1)38-23-28-46(29-24-38)53(45-13-5-2-6-14-45)47-30-25-39(26-31-47)37-15-17-40(18-16-37)43-21-20-41-27-32-49-50(48(41)34-43)54-51(52-49)44-22-19-36-11-7-8-12-42(36)33-44/h1-34H. The summed E-state index contributed by atoms with van der Waals surface area (Å²) >= 11 is 0. The Kier molecular flexibility index (Phi) is 7.81. The van der Waals surface area contributed by atoms with E-state index in [-0.39, 0.29) is 0 Å². The molecule has 0 aliphatic rings. The molecule has 0 N–H and O–H groups in total. The zero-order chi connectivity index (χ0) is 35.8. The van der Waals surface area contributed by atoms with Crippen LogP contribution in [0.1, 0.15) is 0 Å². The Labute approximate surface area is 314 Å². The van der Waals surface area contributed by atoms with Crippen molar-refractivity contribution in [3.05, 3.63) is 206 Å². The fraction of sp³-hybridized carbons (Fsp3) is 0. The van der Waals surface area contributed by atoms with Crippen molar-refractivity contribution in [2.45, 2.75) is 0 Å². The molecule has 254 valence electrons. The SMILES string of the molecule is c1ccc(-c2ccc(N(c3ccccc3)c3ccc(-c4ccc(-c5ccc6ccc7nc(-c8ccc9ccccc9c8)oc7c6c5)cc4)cc3)cc2)cc1. The Hall–Kier alpha value is -7.23. The molecule has 1 aromatic heterocycles. The molecule has 0 unspecified atom stereocenters. The molecule has 0 fully saturated rings. The number of para-hydroxylation sites is 1. The van der Waals surface area contributed by atoms with Crippen molar-refractivity contribution in [2.24, 2.45) is 0 Å². The summed E-state index contributed by atoms with van der Waals surface area (Å²) in [6.45, 7) is 0. The van der Waals surface area contributed by atoms with E-state index in [9.17, 15) is 0 Å². The minimum atomic E-state index is 0.636. The van der Waals surface area contributed by atoms with Crippen LogP contribution >= 0.6 is 0 Å². The van der Waals surface area contributed by atoms with Gasteiger partial charge in [-0.2, -0.15) is 0 Å². The minimum Gasteiger partial charge on any atom is -0.435 e. The number of oxazole rings is 1. The molecule has 1 heterocycles. The van der Waals surface area contributed by atoms with Gasteiger partial charge in [0.05, 0.1) is 0 Å². The van der Waals surface area contributed by atoms with E-state index in [0.717, 1.165) is 55.6 Å². The van der Waals surface area contributed by atoms with Gasteiger partial charge in [-0.15, -0.1) is 0 Å². The molecule has 0 saturated heterocycles. The Morgan fingerprint density at radius 2 is 0.796 bits per heavy atom. The van der Waals surface area contributed by atoms with Crippen molar-refractivity contribution in [2.75, 3.05) is 4.90 Å². The van der Waals surface area contributed by atoms with Gasteiger partial charge in [0.25, 0.3) is 0 Å². The first-order valence-corrected chi connectivity index (χ1v) is 18.3. The minimum absolute atomic E-state index is 0.636. The number of hydrogen-bond donors (Lipinski definition) is 0. The van der Waals surface area contributed by atoms with Gasteiger partial charge in [0.2, 0.25) is 5.89 Å². The predicted molar refractivity (Wildman–Crippen MR) is 225 cm³/mol. The van der Waals surface area contributed by atoms with Crippen LogP contribution in [-0.2, 0) is 0 Å². The molecule has 3 nitrogen and oxygen atoms in total. The van der Waals surface area contributed by atoms with E-state index in [1.807, 2.05) is 6.07 Å². The van der Waals surface area contributed by atoms with Crippen LogP contribution in [0.15, 0.2) is 211 Å². The van der Waals surface area contributed by atoms with Crippen LogP contribution in [0.4, 0.5) is 17.1 Å². The van der Waals surface area contributed by atoms with E-state index in [1.54, 1.807) is 0 Å². The van der Waals surface area contributed by atoms with E-state index in [0.29, 0.717) is 5.89 Å². The number of hydrogen-bond acceptors (Lipinski definition) is 3. The highest BCUT2D eigenvalue weighted by molar-refractivity contribution is 6.05. The lowest BCUT2D eigenvalue weighted by Crippen LogP contribution is -2.09. The second-order valence-corrected chi connectivity index (χ2v) is 13.6. The molecule has 0 amide bonds. The lowest BCUT2D eigenvalue weighted by Gasteiger charge is -2.26. The second-order valence-electron chi connectivity index (χ2n) is 13.6. The maximum Gasteiger partial charge on any atom is 0.227 e. The molecule has 54 heavy (non-hydrogen) atoms. The summed E-state index contributed by atoms with van der Waals surface area (Å²) < 4.78 is 6.48. The van der Waals surface area contributed by atoms with Crippen molar-refractivity contribution in [3.8, 4) is 44.8 Å². The topological polar surface area (TPSA) is 29.3 Å². The third kappa shape index (κ3) is 5.88. The number of benzene rings is 9. The third-order valence-electron chi connectivity index (χ3n) is 10.3.